The van der Waals surface area contributed by atoms with Crippen LogP contribution in [0.4, 0.5) is 0 Å². The molecule has 0 saturated carbocycles. The van der Waals surface area contributed by atoms with Gasteiger partial charge in [-0.05, 0) is 52.9 Å². The molecule has 0 amide bonds. The number of aromatic nitrogens is 4. The lowest BCUT2D eigenvalue weighted by Gasteiger charge is -2.37. The van der Waals surface area contributed by atoms with E-state index in [9.17, 15) is 5.26 Å². The number of likely N-dealkylation sites (N-methyl/N-ethyl adjacent to an activating group) is 1. The monoisotopic (exact) mass is 403 g/mol. The second-order valence-corrected chi connectivity index (χ2v) is 7.52. The molecule has 0 bridgehead atoms. The lowest BCUT2D eigenvalue weighted by molar-refractivity contribution is 0.121. The highest BCUT2D eigenvalue weighted by molar-refractivity contribution is 5.36. The van der Waals surface area contributed by atoms with Crippen LogP contribution in [0, 0.1) is 11.3 Å². The summed E-state index contributed by atoms with van der Waals surface area (Å²) in [5, 5.41) is 22.1. The molecule has 0 radical (unpaired) electrons. The topological polar surface area (TPSA) is 83.1 Å². The maximum atomic E-state index is 9.39. The van der Waals surface area contributed by atoms with Crippen molar-refractivity contribution in [2.45, 2.75) is 12.6 Å². The van der Waals surface area contributed by atoms with Crippen molar-refractivity contribution in [2.75, 3.05) is 40.3 Å². The van der Waals surface area contributed by atoms with Crippen molar-refractivity contribution >= 4 is 0 Å². The molecule has 1 saturated heterocycles. The molecule has 4 rings (SSSR count). The van der Waals surface area contributed by atoms with Gasteiger partial charge in [-0.1, -0.05) is 24.3 Å². The standard InChI is InChI=1S/C22H25N7O/c1-27-10-12-28(13-11-27)21(19-5-3-4-18(14-19)15-23)22-24-25-26-29(22)16-17-6-8-20(30-2)9-7-17/h3-9,14,21H,10-13,16H2,1-2H3/t21-/m0/s1. The molecule has 0 unspecified atom stereocenters. The van der Waals surface area contributed by atoms with E-state index in [1.54, 1.807) is 7.11 Å². The van der Waals surface area contributed by atoms with Crippen molar-refractivity contribution in [1.82, 2.24) is 30.0 Å². The molecule has 1 aliphatic heterocycles. The zero-order chi connectivity index (χ0) is 20.9. The third-order valence-electron chi connectivity index (χ3n) is 5.53. The number of tetrazole rings is 1. The summed E-state index contributed by atoms with van der Waals surface area (Å²) in [7, 11) is 3.79. The highest BCUT2D eigenvalue weighted by Crippen LogP contribution is 2.29. The largest absolute Gasteiger partial charge is 0.497 e. The average molecular weight is 403 g/mol. The van der Waals surface area contributed by atoms with E-state index in [0.717, 1.165) is 48.9 Å². The maximum absolute atomic E-state index is 9.39. The van der Waals surface area contributed by atoms with E-state index >= 15 is 0 Å². The highest BCUT2D eigenvalue weighted by Gasteiger charge is 2.30. The maximum Gasteiger partial charge on any atom is 0.173 e. The summed E-state index contributed by atoms with van der Waals surface area (Å²) in [5.41, 5.74) is 2.76. The lowest BCUT2D eigenvalue weighted by atomic mass is 10.0. The van der Waals surface area contributed by atoms with Gasteiger partial charge in [-0.3, -0.25) is 4.90 Å². The fraction of sp³-hybridized carbons (Fsp3) is 0.364. The first-order chi connectivity index (χ1) is 14.7. The third kappa shape index (κ3) is 4.32. The zero-order valence-corrected chi connectivity index (χ0v) is 17.3. The molecule has 154 valence electrons. The molecule has 1 aromatic heterocycles. The summed E-state index contributed by atoms with van der Waals surface area (Å²) in [6.07, 6.45) is 0. The number of ether oxygens (including phenoxy) is 1. The Morgan fingerprint density at radius 2 is 1.87 bits per heavy atom. The normalized spacial score (nSPS) is 16.2. The van der Waals surface area contributed by atoms with Gasteiger partial charge in [0.15, 0.2) is 5.82 Å². The molecular formula is C22H25N7O. The highest BCUT2D eigenvalue weighted by atomic mass is 16.5. The van der Waals surface area contributed by atoms with Gasteiger partial charge in [0.25, 0.3) is 0 Å². The van der Waals surface area contributed by atoms with Crippen LogP contribution in [0.1, 0.15) is 28.6 Å². The van der Waals surface area contributed by atoms with Gasteiger partial charge in [0.05, 0.1) is 31.3 Å². The molecular weight excluding hydrogens is 378 g/mol. The molecule has 0 aliphatic carbocycles. The summed E-state index contributed by atoms with van der Waals surface area (Å²) in [4.78, 5) is 4.71. The van der Waals surface area contributed by atoms with Crippen LogP contribution in [0.25, 0.3) is 0 Å². The predicted molar refractivity (Wildman–Crippen MR) is 112 cm³/mol. The Labute approximate surface area is 176 Å². The quantitative estimate of drug-likeness (QED) is 0.622. The Bertz CT molecular complexity index is 1020. The van der Waals surface area contributed by atoms with Crippen molar-refractivity contribution in [3.63, 3.8) is 0 Å². The lowest BCUT2D eigenvalue weighted by Crippen LogP contribution is -2.46. The first-order valence-corrected chi connectivity index (χ1v) is 9.99. The zero-order valence-electron chi connectivity index (χ0n) is 17.3. The molecule has 1 aliphatic rings. The van der Waals surface area contributed by atoms with Crippen LogP contribution in [0.5, 0.6) is 5.75 Å². The predicted octanol–water partition coefficient (Wildman–Crippen LogP) is 1.94. The molecule has 2 aromatic carbocycles. The molecule has 30 heavy (non-hydrogen) atoms. The van der Waals surface area contributed by atoms with E-state index in [1.807, 2.05) is 47.1 Å². The second-order valence-electron chi connectivity index (χ2n) is 7.52. The van der Waals surface area contributed by atoms with Gasteiger partial charge in [-0.15, -0.1) is 5.10 Å². The van der Waals surface area contributed by atoms with Gasteiger partial charge in [0, 0.05) is 26.2 Å². The summed E-state index contributed by atoms with van der Waals surface area (Å²) in [5.74, 6) is 1.60. The van der Waals surface area contributed by atoms with Crippen LogP contribution in [-0.4, -0.2) is 70.3 Å². The number of hydrogen-bond donors (Lipinski definition) is 0. The summed E-state index contributed by atoms with van der Waals surface area (Å²) in [6.45, 7) is 4.35. The fourth-order valence-corrected chi connectivity index (χ4v) is 3.81. The van der Waals surface area contributed by atoms with Gasteiger partial charge < -0.3 is 9.64 Å². The van der Waals surface area contributed by atoms with Crippen LogP contribution in [-0.2, 0) is 6.54 Å². The Hall–Kier alpha value is -3.28. The van der Waals surface area contributed by atoms with E-state index in [2.05, 4.69) is 44.5 Å². The average Bonchev–Trinajstić information content (AvgIpc) is 3.23. The number of hydrogen-bond acceptors (Lipinski definition) is 7. The van der Waals surface area contributed by atoms with E-state index in [-0.39, 0.29) is 6.04 Å². The van der Waals surface area contributed by atoms with Gasteiger partial charge in [0.2, 0.25) is 0 Å². The van der Waals surface area contributed by atoms with Crippen LogP contribution < -0.4 is 4.74 Å². The number of methoxy groups -OCH3 is 1. The van der Waals surface area contributed by atoms with Crippen molar-refractivity contribution < 1.29 is 4.74 Å². The van der Waals surface area contributed by atoms with Crippen molar-refractivity contribution in [3.8, 4) is 11.8 Å². The van der Waals surface area contributed by atoms with Crippen LogP contribution in [0.15, 0.2) is 48.5 Å². The second kappa shape index (κ2) is 9.03. The number of nitriles is 1. The number of benzene rings is 2. The van der Waals surface area contributed by atoms with Crippen molar-refractivity contribution in [3.05, 3.63) is 71.0 Å². The van der Waals surface area contributed by atoms with E-state index in [1.165, 1.54) is 0 Å². The summed E-state index contributed by atoms with van der Waals surface area (Å²) >= 11 is 0. The molecule has 1 atom stereocenters. The van der Waals surface area contributed by atoms with E-state index < -0.39 is 0 Å². The van der Waals surface area contributed by atoms with Gasteiger partial charge >= 0.3 is 0 Å². The third-order valence-corrected chi connectivity index (χ3v) is 5.53. The molecule has 8 nitrogen and oxygen atoms in total. The van der Waals surface area contributed by atoms with Gasteiger partial charge in [0.1, 0.15) is 5.75 Å². The molecule has 0 N–H and O–H groups in total. The number of rotatable bonds is 6. The number of nitrogens with zero attached hydrogens (tertiary/aromatic N) is 7. The van der Waals surface area contributed by atoms with Crippen molar-refractivity contribution in [1.29, 1.82) is 5.26 Å². The fourth-order valence-electron chi connectivity index (χ4n) is 3.81. The minimum Gasteiger partial charge on any atom is -0.497 e. The Morgan fingerprint density at radius 1 is 1.10 bits per heavy atom. The number of piperazine rings is 1. The molecule has 2 heterocycles. The van der Waals surface area contributed by atoms with Gasteiger partial charge in [-0.25, -0.2) is 4.68 Å². The first kappa shape index (κ1) is 20.0. The van der Waals surface area contributed by atoms with Crippen molar-refractivity contribution in [2.24, 2.45) is 0 Å². The molecule has 0 spiro atoms. The van der Waals surface area contributed by atoms with Crippen LogP contribution >= 0.6 is 0 Å². The SMILES string of the molecule is COc1ccc(Cn2nnnc2[C@H](c2cccc(C#N)c2)N2CCN(C)CC2)cc1. The van der Waals surface area contributed by atoms with Crippen LogP contribution in [0.3, 0.4) is 0 Å². The minimum atomic E-state index is -0.111. The Balaban J connectivity index is 1.68. The smallest absolute Gasteiger partial charge is 0.173 e. The Kier molecular flexibility index (Phi) is 6.02. The molecule has 1 fully saturated rings. The van der Waals surface area contributed by atoms with E-state index in [0.29, 0.717) is 12.1 Å². The van der Waals surface area contributed by atoms with Crippen LogP contribution in [0.2, 0.25) is 0 Å². The minimum absolute atomic E-state index is 0.111. The summed E-state index contributed by atoms with van der Waals surface area (Å²) in [6, 6.07) is 17.8. The van der Waals surface area contributed by atoms with Gasteiger partial charge in [-0.2, -0.15) is 5.26 Å². The Morgan fingerprint density at radius 3 is 2.57 bits per heavy atom. The summed E-state index contributed by atoms with van der Waals surface area (Å²) < 4.78 is 7.10. The van der Waals surface area contributed by atoms with E-state index in [4.69, 9.17) is 4.74 Å². The first-order valence-electron chi connectivity index (χ1n) is 9.99. The molecule has 8 heteroatoms. The molecule has 3 aromatic rings.